The highest BCUT2D eigenvalue weighted by Gasteiger charge is 2.07. The van der Waals surface area contributed by atoms with Gasteiger partial charge in [0.25, 0.3) is 0 Å². The topological polar surface area (TPSA) is 20.2 Å². The van der Waals surface area contributed by atoms with Crippen LogP contribution in [0.15, 0.2) is 12.1 Å². The van der Waals surface area contributed by atoms with Gasteiger partial charge in [-0.3, -0.25) is 0 Å². The maximum atomic E-state index is 9.49. The smallest absolute Gasteiger partial charge is 0.0932 e. The first-order chi connectivity index (χ1) is 5.24. The zero-order chi connectivity index (χ0) is 8.27. The van der Waals surface area contributed by atoms with Crippen molar-refractivity contribution >= 4 is 22.9 Å². The van der Waals surface area contributed by atoms with Gasteiger partial charge in [-0.2, -0.15) is 0 Å². The summed E-state index contributed by atoms with van der Waals surface area (Å²) in [5.41, 5.74) is 0. The molecule has 1 nitrogen and oxygen atoms in total. The molecule has 0 fully saturated rings. The summed E-state index contributed by atoms with van der Waals surface area (Å²) in [7, 11) is 0. The Bertz CT molecular complexity index is 222. The molecule has 0 amide bonds. The molecule has 0 saturated heterocycles. The number of rotatable bonds is 3. The van der Waals surface area contributed by atoms with Gasteiger partial charge in [-0.05, 0) is 18.6 Å². The van der Waals surface area contributed by atoms with Gasteiger partial charge in [0.15, 0.2) is 0 Å². The third kappa shape index (κ3) is 2.47. The van der Waals surface area contributed by atoms with Crippen LogP contribution in [0.5, 0.6) is 0 Å². The van der Waals surface area contributed by atoms with E-state index in [4.69, 9.17) is 11.6 Å². The number of thiophene rings is 1. The zero-order valence-corrected chi connectivity index (χ0v) is 7.95. The molecule has 0 aliphatic rings. The van der Waals surface area contributed by atoms with Crippen LogP contribution in [0.3, 0.4) is 0 Å². The summed E-state index contributed by atoms with van der Waals surface area (Å²) in [6.45, 7) is 2.05. The Labute approximate surface area is 75.6 Å². The van der Waals surface area contributed by atoms with Crippen molar-refractivity contribution in [3.63, 3.8) is 0 Å². The minimum atomic E-state index is -0.322. The first kappa shape index (κ1) is 9.04. The van der Waals surface area contributed by atoms with Gasteiger partial charge in [-0.25, -0.2) is 0 Å². The average molecular weight is 191 g/mol. The first-order valence-electron chi connectivity index (χ1n) is 3.67. The molecule has 0 spiro atoms. The largest absolute Gasteiger partial charge is 0.388 e. The first-order valence-corrected chi connectivity index (χ1v) is 4.86. The van der Waals surface area contributed by atoms with Crippen LogP contribution in [-0.4, -0.2) is 5.11 Å². The molecule has 0 aliphatic carbocycles. The molecule has 1 rings (SSSR count). The van der Waals surface area contributed by atoms with E-state index in [1.54, 1.807) is 0 Å². The van der Waals surface area contributed by atoms with Gasteiger partial charge in [0, 0.05) is 4.88 Å². The van der Waals surface area contributed by atoms with E-state index in [-0.39, 0.29) is 6.10 Å². The molecule has 0 radical (unpaired) electrons. The molecule has 0 saturated carbocycles. The molecule has 0 bridgehead atoms. The number of aliphatic hydroxyl groups is 1. The fourth-order valence-electron chi connectivity index (χ4n) is 0.923. The highest BCUT2D eigenvalue weighted by molar-refractivity contribution is 7.16. The van der Waals surface area contributed by atoms with E-state index in [0.29, 0.717) is 0 Å². The number of halogens is 1. The normalized spacial score (nSPS) is 13.4. The van der Waals surface area contributed by atoms with E-state index in [1.807, 2.05) is 12.1 Å². The van der Waals surface area contributed by atoms with E-state index in [9.17, 15) is 5.11 Å². The van der Waals surface area contributed by atoms with Crippen LogP contribution < -0.4 is 0 Å². The van der Waals surface area contributed by atoms with Gasteiger partial charge in [0.05, 0.1) is 10.4 Å². The maximum absolute atomic E-state index is 9.49. The Morgan fingerprint density at radius 2 is 2.36 bits per heavy atom. The number of hydrogen-bond acceptors (Lipinski definition) is 2. The van der Waals surface area contributed by atoms with Crippen molar-refractivity contribution in [2.75, 3.05) is 0 Å². The second-order valence-electron chi connectivity index (χ2n) is 2.45. The second-order valence-corrected chi connectivity index (χ2v) is 4.19. The second kappa shape index (κ2) is 4.10. The monoisotopic (exact) mass is 190 g/mol. The van der Waals surface area contributed by atoms with Gasteiger partial charge in [0.2, 0.25) is 0 Å². The van der Waals surface area contributed by atoms with Crippen molar-refractivity contribution in [2.45, 2.75) is 25.9 Å². The third-order valence-electron chi connectivity index (χ3n) is 1.48. The molecular weight excluding hydrogens is 180 g/mol. The highest BCUT2D eigenvalue weighted by atomic mass is 35.5. The summed E-state index contributed by atoms with van der Waals surface area (Å²) >= 11 is 7.16. The Hall–Kier alpha value is -0.0500. The van der Waals surface area contributed by atoms with Gasteiger partial charge < -0.3 is 5.11 Å². The maximum Gasteiger partial charge on any atom is 0.0932 e. The Morgan fingerprint density at radius 3 is 2.82 bits per heavy atom. The van der Waals surface area contributed by atoms with Crippen LogP contribution in [0.4, 0.5) is 0 Å². The molecule has 62 valence electrons. The summed E-state index contributed by atoms with van der Waals surface area (Å²) in [6.07, 6.45) is 1.49. The molecule has 1 unspecified atom stereocenters. The summed E-state index contributed by atoms with van der Waals surface area (Å²) < 4.78 is 0.746. The van der Waals surface area contributed by atoms with Crippen molar-refractivity contribution in [3.05, 3.63) is 21.3 Å². The van der Waals surface area contributed by atoms with E-state index in [1.165, 1.54) is 11.3 Å². The summed E-state index contributed by atoms with van der Waals surface area (Å²) in [6, 6.07) is 3.70. The fraction of sp³-hybridized carbons (Fsp3) is 0.500. The quantitative estimate of drug-likeness (QED) is 0.776. The van der Waals surface area contributed by atoms with Crippen molar-refractivity contribution in [1.29, 1.82) is 0 Å². The third-order valence-corrected chi connectivity index (χ3v) is 2.82. The molecule has 1 heterocycles. The van der Waals surface area contributed by atoms with E-state index in [2.05, 4.69) is 6.92 Å². The summed E-state index contributed by atoms with van der Waals surface area (Å²) in [5.74, 6) is 0. The molecular formula is C8H11ClOS. The average Bonchev–Trinajstić information content (AvgIpc) is 2.36. The lowest BCUT2D eigenvalue weighted by Gasteiger charge is -2.04. The molecule has 1 aromatic rings. The number of aliphatic hydroxyl groups excluding tert-OH is 1. The van der Waals surface area contributed by atoms with Gasteiger partial charge in [-0.15, -0.1) is 11.3 Å². The van der Waals surface area contributed by atoms with Crippen molar-refractivity contribution in [1.82, 2.24) is 0 Å². The molecule has 11 heavy (non-hydrogen) atoms. The van der Waals surface area contributed by atoms with Gasteiger partial charge >= 0.3 is 0 Å². The SMILES string of the molecule is CCCC(O)c1ccc(Cl)s1. The van der Waals surface area contributed by atoms with Crippen LogP contribution in [0.2, 0.25) is 4.34 Å². The molecule has 0 aliphatic heterocycles. The Balaban J connectivity index is 2.60. The minimum Gasteiger partial charge on any atom is -0.388 e. The predicted octanol–water partition coefficient (Wildman–Crippen LogP) is 3.24. The molecule has 1 atom stereocenters. The Morgan fingerprint density at radius 1 is 1.64 bits per heavy atom. The number of hydrogen-bond donors (Lipinski definition) is 1. The van der Waals surface area contributed by atoms with Gasteiger partial charge in [0.1, 0.15) is 0 Å². The van der Waals surface area contributed by atoms with Crippen LogP contribution in [0.1, 0.15) is 30.7 Å². The lowest BCUT2D eigenvalue weighted by atomic mass is 10.2. The minimum absolute atomic E-state index is 0.322. The zero-order valence-electron chi connectivity index (χ0n) is 6.38. The van der Waals surface area contributed by atoms with E-state index in [0.717, 1.165) is 22.1 Å². The highest BCUT2D eigenvalue weighted by Crippen LogP contribution is 2.28. The van der Waals surface area contributed by atoms with Crippen LogP contribution in [0.25, 0.3) is 0 Å². The van der Waals surface area contributed by atoms with Gasteiger partial charge in [-0.1, -0.05) is 24.9 Å². The van der Waals surface area contributed by atoms with Crippen molar-refractivity contribution in [2.24, 2.45) is 0 Å². The molecule has 1 aromatic heterocycles. The molecule has 0 aromatic carbocycles. The standard InChI is InChI=1S/C8H11ClOS/c1-2-3-6(10)7-4-5-8(9)11-7/h4-6,10H,2-3H2,1H3. The predicted molar refractivity (Wildman–Crippen MR) is 49.2 cm³/mol. The summed E-state index contributed by atoms with van der Waals surface area (Å²) in [4.78, 5) is 0.969. The van der Waals surface area contributed by atoms with E-state index >= 15 is 0 Å². The van der Waals surface area contributed by atoms with Crippen molar-refractivity contribution in [3.8, 4) is 0 Å². The van der Waals surface area contributed by atoms with Crippen molar-refractivity contribution < 1.29 is 5.11 Å². The molecule has 1 N–H and O–H groups in total. The lowest BCUT2D eigenvalue weighted by molar-refractivity contribution is 0.170. The molecule has 3 heteroatoms. The van der Waals surface area contributed by atoms with E-state index < -0.39 is 0 Å². The Kier molecular flexibility index (Phi) is 3.37. The van der Waals surface area contributed by atoms with Crippen LogP contribution >= 0.6 is 22.9 Å². The fourth-order valence-corrected chi connectivity index (χ4v) is 2.00. The lowest BCUT2D eigenvalue weighted by Crippen LogP contribution is -1.91. The van der Waals surface area contributed by atoms with Crippen LogP contribution in [0, 0.1) is 0 Å². The van der Waals surface area contributed by atoms with Crippen LogP contribution in [-0.2, 0) is 0 Å². The summed E-state index contributed by atoms with van der Waals surface area (Å²) in [5, 5.41) is 9.49.